The van der Waals surface area contributed by atoms with Gasteiger partial charge in [0.25, 0.3) is 0 Å². The van der Waals surface area contributed by atoms with Crippen molar-refractivity contribution in [3.63, 3.8) is 0 Å². The minimum atomic E-state index is -0.482. The van der Waals surface area contributed by atoms with Crippen LogP contribution in [0.5, 0.6) is 0 Å². The molecule has 104 valence electrons. The van der Waals surface area contributed by atoms with Crippen molar-refractivity contribution in [1.29, 1.82) is 0 Å². The molecule has 0 aliphatic carbocycles. The molecule has 1 rings (SSSR count). The van der Waals surface area contributed by atoms with E-state index in [1.165, 1.54) is 0 Å². The molecule has 1 heterocycles. The molecule has 0 spiro atoms. The van der Waals surface area contributed by atoms with Crippen molar-refractivity contribution in [2.75, 3.05) is 6.54 Å². The smallest absolute Gasteiger partial charge is 0.240 e. The van der Waals surface area contributed by atoms with E-state index in [9.17, 15) is 9.59 Å². The number of nitrogens with two attached hydrogens (primary N) is 2. The van der Waals surface area contributed by atoms with E-state index in [2.05, 4.69) is 0 Å². The summed E-state index contributed by atoms with van der Waals surface area (Å²) in [5.41, 5.74) is 11.3. The van der Waals surface area contributed by atoms with E-state index in [1.54, 1.807) is 4.90 Å². The van der Waals surface area contributed by atoms with Gasteiger partial charge in [0.15, 0.2) is 0 Å². The summed E-state index contributed by atoms with van der Waals surface area (Å²) in [6.07, 6.45) is 2.44. The van der Waals surface area contributed by atoms with Crippen LogP contribution < -0.4 is 11.5 Å². The second-order valence-electron chi connectivity index (χ2n) is 5.43. The lowest BCUT2D eigenvalue weighted by atomic mass is 9.90. The first kappa shape index (κ1) is 15.0. The molecule has 1 aliphatic heterocycles. The van der Waals surface area contributed by atoms with Crippen LogP contribution in [0.15, 0.2) is 0 Å². The van der Waals surface area contributed by atoms with Gasteiger partial charge in [-0.05, 0) is 25.7 Å². The number of piperidine rings is 1. The maximum Gasteiger partial charge on any atom is 0.240 e. The fraction of sp³-hybridized carbons (Fsp3) is 0.846. The molecule has 1 fully saturated rings. The molecule has 2 amide bonds. The zero-order chi connectivity index (χ0) is 13.9. The summed E-state index contributed by atoms with van der Waals surface area (Å²) in [6, 6.07) is -0.340. The first-order valence-electron chi connectivity index (χ1n) is 6.73. The summed E-state index contributed by atoms with van der Waals surface area (Å²) in [6.45, 7) is 6.41. The van der Waals surface area contributed by atoms with Crippen LogP contribution in [-0.2, 0) is 9.59 Å². The fourth-order valence-electron chi connectivity index (χ4n) is 2.34. The number of likely N-dealkylation sites (tertiary alicyclic amines) is 1. The normalized spacial score (nSPS) is 27.7. The summed E-state index contributed by atoms with van der Waals surface area (Å²) in [7, 11) is 0. The molecule has 4 atom stereocenters. The molecule has 0 aromatic rings. The van der Waals surface area contributed by atoms with Gasteiger partial charge in [-0.15, -0.1) is 0 Å². The lowest BCUT2D eigenvalue weighted by molar-refractivity contribution is -0.139. The number of hydrogen-bond acceptors (Lipinski definition) is 3. The van der Waals surface area contributed by atoms with E-state index in [4.69, 9.17) is 11.5 Å². The van der Waals surface area contributed by atoms with Gasteiger partial charge in [-0.2, -0.15) is 0 Å². The van der Waals surface area contributed by atoms with Crippen LogP contribution in [0, 0.1) is 11.8 Å². The van der Waals surface area contributed by atoms with E-state index in [0.717, 1.165) is 19.3 Å². The fourth-order valence-corrected chi connectivity index (χ4v) is 2.34. The number of rotatable bonds is 4. The van der Waals surface area contributed by atoms with Gasteiger partial charge in [-0.3, -0.25) is 9.59 Å². The molecule has 5 nitrogen and oxygen atoms in total. The van der Waals surface area contributed by atoms with Crippen molar-refractivity contribution < 1.29 is 9.59 Å². The summed E-state index contributed by atoms with van der Waals surface area (Å²) in [5, 5.41) is 0. The van der Waals surface area contributed by atoms with Crippen LogP contribution in [-0.4, -0.2) is 35.3 Å². The summed E-state index contributed by atoms with van der Waals surface area (Å²) < 4.78 is 0. The predicted molar refractivity (Wildman–Crippen MR) is 70.5 cm³/mol. The SMILES string of the molecule is CC[C@H](C)[C@H](N)C(=O)N1CC(C(N)=O)CCC1C. The first-order chi connectivity index (χ1) is 8.38. The van der Waals surface area contributed by atoms with Gasteiger partial charge in [0, 0.05) is 12.6 Å². The molecule has 0 saturated carbocycles. The van der Waals surface area contributed by atoms with Crippen LogP contribution in [0.4, 0.5) is 0 Å². The Hall–Kier alpha value is -1.10. The number of nitrogens with zero attached hydrogens (tertiary/aromatic N) is 1. The van der Waals surface area contributed by atoms with E-state index in [0.29, 0.717) is 6.54 Å². The van der Waals surface area contributed by atoms with Crippen LogP contribution in [0.1, 0.15) is 40.0 Å². The van der Waals surface area contributed by atoms with Gasteiger partial charge in [-0.25, -0.2) is 0 Å². The maximum absolute atomic E-state index is 12.3. The largest absolute Gasteiger partial charge is 0.369 e. The Bertz CT molecular complexity index is 319. The second kappa shape index (κ2) is 6.18. The number of carbonyl (C=O) groups is 2. The third-order valence-electron chi connectivity index (χ3n) is 4.11. The summed E-state index contributed by atoms with van der Waals surface area (Å²) in [5.74, 6) is -0.451. The number of primary amides is 1. The molecule has 5 heteroatoms. The van der Waals surface area contributed by atoms with E-state index in [-0.39, 0.29) is 29.7 Å². The highest BCUT2D eigenvalue weighted by Crippen LogP contribution is 2.23. The van der Waals surface area contributed by atoms with Crippen LogP contribution in [0.2, 0.25) is 0 Å². The number of amides is 2. The average molecular weight is 255 g/mol. The van der Waals surface area contributed by atoms with Gasteiger partial charge in [0.1, 0.15) is 0 Å². The number of carbonyl (C=O) groups excluding carboxylic acids is 2. The van der Waals surface area contributed by atoms with Crippen molar-refractivity contribution in [2.45, 2.75) is 52.1 Å². The third-order valence-corrected chi connectivity index (χ3v) is 4.11. The molecule has 4 N–H and O–H groups in total. The lowest BCUT2D eigenvalue weighted by Crippen LogP contribution is -2.55. The Morgan fingerprint density at radius 2 is 2.00 bits per heavy atom. The maximum atomic E-state index is 12.3. The topological polar surface area (TPSA) is 89.4 Å². The third kappa shape index (κ3) is 3.22. The van der Waals surface area contributed by atoms with Crippen LogP contribution in [0.25, 0.3) is 0 Å². The van der Waals surface area contributed by atoms with Crippen molar-refractivity contribution in [3.8, 4) is 0 Å². The van der Waals surface area contributed by atoms with Crippen molar-refractivity contribution in [3.05, 3.63) is 0 Å². The van der Waals surface area contributed by atoms with Gasteiger partial charge in [-0.1, -0.05) is 20.3 Å². The Kier molecular flexibility index (Phi) is 5.14. The monoisotopic (exact) mass is 255 g/mol. The predicted octanol–water partition coefficient (Wildman–Crippen LogP) is 0.472. The Labute approximate surface area is 109 Å². The van der Waals surface area contributed by atoms with Gasteiger partial charge in [0.05, 0.1) is 12.0 Å². The molecule has 0 radical (unpaired) electrons. The second-order valence-corrected chi connectivity index (χ2v) is 5.43. The zero-order valence-electron chi connectivity index (χ0n) is 11.6. The van der Waals surface area contributed by atoms with E-state index in [1.807, 2.05) is 20.8 Å². The average Bonchev–Trinajstić information content (AvgIpc) is 2.36. The zero-order valence-corrected chi connectivity index (χ0v) is 11.6. The first-order valence-corrected chi connectivity index (χ1v) is 6.73. The van der Waals surface area contributed by atoms with Crippen molar-refractivity contribution >= 4 is 11.8 Å². The van der Waals surface area contributed by atoms with Crippen LogP contribution in [0.3, 0.4) is 0 Å². The summed E-state index contributed by atoms with van der Waals surface area (Å²) >= 11 is 0. The molecule has 18 heavy (non-hydrogen) atoms. The molecule has 2 unspecified atom stereocenters. The molecule has 0 aromatic heterocycles. The van der Waals surface area contributed by atoms with Gasteiger partial charge >= 0.3 is 0 Å². The van der Waals surface area contributed by atoms with E-state index >= 15 is 0 Å². The number of hydrogen-bond donors (Lipinski definition) is 2. The molecule has 0 bridgehead atoms. The molecular weight excluding hydrogens is 230 g/mol. The Balaban J connectivity index is 2.73. The van der Waals surface area contributed by atoms with Gasteiger partial charge in [0.2, 0.25) is 11.8 Å². The standard InChI is InChI=1S/C13H25N3O2/c1-4-8(2)11(14)13(18)16-7-10(12(15)17)6-5-9(16)3/h8-11H,4-7,14H2,1-3H3,(H2,15,17)/t8-,9?,10?,11-/m0/s1. The molecule has 1 saturated heterocycles. The summed E-state index contributed by atoms with van der Waals surface area (Å²) in [4.78, 5) is 25.3. The molecular formula is C13H25N3O2. The van der Waals surface area contributed by atoms with Crippen molar-refractivity contribution in [2.24, 2.45) is 23.3 Å². The quantitative estimate of drug-likeness (QED) is 0.765. The molecule has 0 aromatic carbocycles. The van der Waals surface area contributed by atoms with Gasteiger partial charge < -0.3 is 16.4 Å². The highest BCUT2D eigenvalue weighted by Gasteiger charge is 2.34. The van der Waals surface area contributed by atoms with Crippen LogP contribution >= 0.6 is 0 Å². The minimum absolute atomic E-state index is 0.0530. The lowest BCUT2D eigenvalue weighted by Gasteiger charge is -2.39. The minimum Gasteiger partial charge on any atom is -0.369 e. The highest BCUT2D eigenvalue weighted by atomic mass is 16.2. The van der Waals surface area contributed by atoms with E-state index < -0.39 is 6.04 Å². The Morgan fingerprint density at radius 1 is 1.39 bits per heavy atom. The highest BCUT2D eigenvalue weighted by molar-refractivity contribution is 5.84. The Morgan fingerprint density at radius 3 is 2.50 bits per heavy atom. The van der Waals surface area contributed by atoms with Crippen molar-refractivity contribution in [1.82, 2.24) is 4.90 Å². The molecule has 1 aliphatic rings.